The average Bonchev–Trinajstić information content (AvgIpc) is 3.34. The van der Waals surface area contributed by atoms with E-state index in [1.807, 2.05) is 30.5 Å². The molecule has 1 aromatic heterocycles. The van der Waals surface area contributed by atoms with Crippen molar-refractivity contribution in [1.82, 2.24) is 9.88 Å². The summed E-state index contributed by atoms with van der Waals surface area (Å²) in [6, 6.07) is 10.1. The van der Waals surface area contributed by atoms with Gasteiger partial charge in [0, 0.05) is 59.0 Å². The van der Waals surface area contributed by atoms with Crippen LogP contribution in [-0.2, 0) is 4.79 Å². The van der Waals surface area contributed by atoms with Gasteiger partial charge in [0.15, 0.2) is 0 Å². The molecule has 30 heavy (non-hydrogen) atoms. The second kappa shape index (κ2) is 7.22. The summed E-state index contributed by atoms with van der Waals surface area (Å²) in [6.07, 6.45) is 10.1. The van der Waals surface area contributed by atoms with Crippen molar-refractivity contribution in [3.63, 3.8) is 0 Å². The number of rotatable bonds is 4. The molecule has 156 valence electrons. The zero-order valence-corrected chi connectivity index (χ0v) is 17.7. The summed E-state index contributed by atoms with van der Waals surface area (Å²) in [5, 5.41) is 1.08. The SMILES string of the molecule is CCC1(C(=O)N2CCC3(CCN=C3/C=C(\N)c3cnc4ccccc4c3)C2)CCC1. The van der Waals surface area contributed by atoms with Crippen LogP contribution in [0.3, 0.4) is 0 Å². The number of carbonyl (C=O) groups is 1. The number of allylic oxidation sites excluding steroid dienone is 1. The molecule has 1 aromatic carbocycles. The lowest BCUT2D eigenvalue weighted by molar-refractivity contribution is -0.146. The summed E-state index contributed by atoms with van der Waals surface area (Å²) in [5.41, 5.74) is 10.0. The third-order valence-corrected chi connectivity index (χ3v) is 7.71. The normalized spacial score (nSPS) is 25.6. The molecule has 3 aliphatic rings. The summed E-state index contributed by atoms with van der Waals surface area (Å²) in [5.74, 6) is 0.370. The molecule has 5 heteroatoms. The number of nitrogens with zero attached hydrogens (tertiary/aromatic N) is 3. The Morgan fingerprint density at radius 1 is 1.23 bits per heavy atom. The van der Waals surface area contributed by atoms with Crippen LogP contribution < -0.4 is 5.73 Å². The van der Waals surface area contributed by atoms with E-state index in [0.717, 1.165) is 73.9 Å². The summed E-state index contributed by atoms with van der Waals surface area (Å²) < 4.78 is 0. The first-order valence-electron chi connectivity index (χ1n) is 11.2. The second-order valence-corrected chi connectivity index (χ2v) is 9.28. The maximum Gasteiger partial charge on any atom is 0.228 e. The van der Waals surface area contributed by atoms with Crippen LogP contribution in [-0.4, -0.2) is 41.1 Å². The van der Waals surface area contributed by atoms with Gasteiger partial charge in [-0.2, -0.15) is 0 Å². The van der Waals surface area contributed by atoms with Crippen molar-refractivity contribution >= 4 is 28.2 Å². The minimum atomic E-state index is -0.0902. The quantitative estimate of drug-likeness (QED) is 0.834. The molecule has 2 aromatic rings. The zero-order valence-electron chi connectivity index (χ0n) is 17.7. The van der Waals surface area contributed by atoms with E-state index in [2.05, 4.69) is 28.9 Å². The Morgan fingerprint density at radius 2 is 2.07 bits per heavy atom. The molecule has 0 bridgehead atoms. The van der Waals surface area contributed by atoms with E-state index in [1.54, 1.807) is 0 Å². The lowest BCUT2D eigenvalue weighted by Gasteiger charge is -2.42. The first kappa shape index (κ1) is 19.3. The maximum atomic E-state index is 13.2. The van der Waals surface area contributed by atoms with Gasteiger partial charge < -0.3 is 10.6 Å². The fraction of sp³-hybridized carbons (Fsp3) is 0.480. The Morgan fingerprint density at radius 3 is 2.83 bits per heavy atom. The Kier molecular flexibility index (Phi) is 4.64. The molecule has 5 nitrogen and oxygen atoms in total. The molecular formula is C25H30N4O. The van der Waals surface area contributed by atoms with E-state index in [4.69, 9.17) is 10.7 Å². The number of amides is 1. The smallest absolute Gasteiger partial charge is 0.228 e. The van der Waals surface area contributed by atoms with Crippen molar-refractivity contribution in [3.05, 3.63) is 48.2 Å². The Balaban J connectivity index is 1.37. The molecular weight excluding hydrogens is 372 g/mol. The molecule has 2 N–H and O–H groups in total. The standard InChI is InChI=1S/C25H30N4O/c1-2-24(8-5-9-24)23(30)29-13-11-25(17-29)10-12-27-22(25)15-20(26)19-14-18-6-3-4-7-21(18)28-16-19/h3-4,6-7,14-16H,2,5,8-13,17,26H2,1H3/b20-15-. The lowest BCUT2D eigenvalue weighted by Crippen LogP contribution is -2.47. The van der Waals surface area contributed by atoms with Crippen molar-refractivity contribution in [2.24, 2.45) is 21.6 Å². The minimum Gasteiger partial charge on any atom is -0.398 e. The molecule has 5 rings (SSSR count). The Labute approximate surface area is 178 Å². The molecule has 1 saturated carbocycles. The van der Waals surface area contributed by atoms with Crippen LogP contribution in [0.15, 0.2) is 47.6 Å². The van der Waals surface area contributed by atoms with Gasteiger partial charge in [-0.3, -0.25) is 14.8 Å². The first-order valence-corrected chi connectivity index (χ1v) is 11.2. The van der Waals surface area contributed by atoms with Crippen molar-refractivity contribution < 1.29 is 4.79 Å². The number of aromatic nitrogens is 1. The van der Waals surface area contributed by atoms with Gasteiger partial charge in [0.2, 0.25) is 5.91 Å². The highest BCUT2D eigenvalue weighted by Crippen LogP contribution is 2.48. The van der Waals surface area contributed by atoms with Gasteiger partial charge in [-0.05, 0) is 50.3 Å². The van der Waals surface area contributed by atoms with Gasteiger partial charge in [0.05, 0.1) is 5.52 Å². The number of fused-ring (bicyclic) bond motifs is 1. The molecule has 2 aliphatic heterocycles. The molecule has 1 saturated heterocycles. The number of pyridine rings is 1. The lowest BCUT2D eigenvalue weighted by atomic mass is 9.66. The van der Waals surface area contributed by atoms with E-state index in [0.29, 0.717) is 11.6 Å². The van der Waals surface area contributed by atoms with Gasteiger partial charge in [-0.1, -0.05) is 31.5 Å². The largest absolute Gasteiger partial charge is 0.398 e. The van der Waals surface area contributed by atoms with Gasteiger partial charge in [-0.25, -0.2) is 0 Å². The third-order valence-electron chi connectivity index (χ3n) is 7.71. The molecule has 1 spiro atoms. The van der Waals surface area contributed by atoms with E-state index in [9.17, 15) is 4.79 Å². The van der Waals surface area contributed by atoms with Gasteiger partial charge >= 0.3 is 0 Å². The fourth-order valence-electron chi connectivity index (χ4n) is 5.46. The van der Waals surface area contributed by atoms with Crippen LogP contribution >= 0.6 is 0 Å². The van der Waals surface area contributed by atoms with E-state index >= 15 is 0 Å². The van der Waals surface area contributed by atoms with Gasteiger partial charge in [0.1, 0.15) is 0 Å². The number of nitrogens with two attached hydrogens (primary N) is 1. The fourth-order valence-corrected chi connectivity index (χ4v) is 5.46. The molecule has 0 radical (unpaired) electrons. The van der Waals surface area contributed by atoms with Crippen LogP contribution in [0.1, 0.15) is 51.0 Å². The Hall–Kier alpha value is -2.69. The number of hydrogen-bond donors (Lipinski definition) is 1. The summed E-state index contributed by atoms with van der Waals surface area (Å²) in [7, 11) is 0. The van der Waals surface area contributed by atoms with Gasteiger partial charge in [0.25, 0.3) is 0 Å². The number of benzene rings is 1. The number of carbonyl (C=O) groups excluding carboxylic acids is 1. The number of likely N-dealkylation sites (tertiary alicyclic amines) is 1. The summed E-state index contributed by atoms with van der Waals surface area (Å²) >= 11 is 0. The van der Waals surface area contributed by atoms with Crippen molar-refractivity contribution in [2.45, 2.75) is 45.4 Å². The highest BCUT2D eigenvalue weighted by atomic mass is 16.2. The molecule has 1 aliphatic carbocycles. The number of aliphatic imine (C=N–C) groups is 1. The second-order valence-electron chi connectivity index (χ2n) is 9.28. The zero-order chi connectivity index (χ0) is 20.8. The number of para-hydroxylation sites is 1. The summed E-state index contributed by atoms with van der Waals surface area (Å²) in [4.78, 5) is 24.7. The van der Waals surface area contributed by atoms with E-state index in [1.165, 1.54) is 6.42 Å². The molecule has 3 heterocycles. The van der Waals surface area contributed by atoms with Crippen molar-refractivity contribution in [2.75, 3.05) is 19.6 Å². The highest BCUT2D eigenvalue weighted by molar-refractivity contribution is 6.06. The first-order chi connectivity index (χ1) is 14.6. The van der Waals surface area contributed by atoms with Crippen molar-refractivity contribution in [1.29, 1.82) is 0 Å². The predicted octanol–water partition coefficient (Wildman–Crippen LogP) is 4.18. The number of hydrogen-bond acceptors (Lipinski definition) is 4. The average molecular weight is 403 g/mol. The van der Waals surface area contributed by atoms with E-state index in [-0.39, 0.29) is 10.8 Å². The molecule has 1 amide bonds. The van der Waals surface area contributed by atoms with Crippen LogP contribution in [0, 0.1) is 10.8 Å². The molecule has 2 fully saturated rings. The van der Waals surface area contributed by atoms with E-state index < -0.39 is 0 Å². The molecule has 1 atom stereocenters. The van der Waals surface area contributed by atoms with Crippen LogP contribution in [0.2, 0.25) is 0 Å². The maximum absolute atomic E-state index is 13.2. The molecule has 1 unspecified atom stereocenters. The summed E-state index contributed by atoms with van der Waals surface area (Å²) in [6.45, 7) is 4.60. The minimum absolute atomic E-state index is 0.0385. The Bertz CT molecular complexity index is 1050. The topological polar surface area (TPSA) is 71.6 Å². The van der Waals surface area contributed by atoms with Crippen LogP contribution in [0.25, 0.3) is 16.6 Å². The third kappa shape index (κ3) is 3.03. The monoisotopic (exact) mass is 402 g/mol. The highest BCUT2D eigenvalue weighted by Gasteiger charge is 2.50. The van der Waals surface area contributed by atoms with Crippen LogP contribution in [0.4, 0.5) is 0 Å². The van der Waals surface area contributed by atoms with Crippen LogP contribution in [0.5, 0.6) is 0 Å². The predicted molar refractivity (Wildman–Crippen MR) is 121 cm³/mol. The van der Waals surface area contributed by atoms with Crippen molar-refractivity contribution in [3.8, 4) is 0 Å². The van der Waals surface area contributed by atoms with Gasteiger partial charge in [-0.15, -0.1) is 0 Å².